The third-order valence-corrected chi connectivity index (χ3v) is 7.82. The predicted molar refractivity (Wildman–Crippen MR) is 108 cm³/mol. The number of hydrogen-bond donors (Lipinski definition) is 0. The van der Waals surface area contributed by atoms with E-state index in [1.807, 2.05) is 30.0 Å². The number of nitrogens with zero attached hydrogens (tertiary/aromatic N) is 5. The Morgan fingerprint density at radius 2 is 1.68 bits per heavy atom. The number of piperidine rings is 1. The normalized spacial score (nSPS) is 24.9. The van der Waals surface area contributed by atoms with Crippen LogP contribution in [0.3, 0.4) is 0 Å². The van der Waals surface area contributed by atoms with Crippen LogP contribution in [0.25, 0.3) is 0 Å². The lowest BCUT2D eigenvalue weighted by atomic mass is 10.00. The van der Waals surface area contributed by atoms with Crippen LogP contribution in [0.1, 0.15) is 32.1 Å². The van der Waals surface area contributed by atoms with E-state index < -0.39 is 9.84 Å². The van der Waals surface area contributed by atoms with Gasteiger partial charge in [-0.15, -0.1) is 0 Å². The molecule has 0 spiro atoms. The van der Waals surface area contributed by atoms with Gasteiger partial charge in [0.25, 0.3) is 0 Å². The molecule has 28 heavy (non-hydrogen) atoms. The largest absolute Gasteiger partial charge is 0.363 e. The number of carbonyl (C=O) groups excluding carboxylic acids is 1. The third-order valence-electron chi connectivity index (χ3n) is 6.05. The molecule has 1 saturated carbocycles. The molecule has 154 valence electrons. The van der Waals surface area contributed by atoms with Gasteiger partial charge in [-0.3, -0.25) is 4.79 Å². The number of amides is 1. The van der Waals surface area contributed by atoms with Crippen molar-refractivity contribution < 1.29 is 13.2 Å². The van der Waals surface area contributed by atoms with Gasteiger partial charge in [0.15, 0.2) is 9.84 Å². The van der Waals surface area contributed by atoms with E-state index in [4.69, 9.17) is 0 Å². The molecule has 8 nitrogen and oxygen atoms in total. The maximum absolute atomic E-state index is 12.7. The highest BCUT2D eigenvalue weighted by Gasteiger charge is 2.40. The third kappa shape index (κ3) is 4.09. The molecule has 0 bridgehead atoms. The summed E-state index contributed by atoms with van der Waals surface area (Å²) in [5.41, 5.74) is 0. The van der Waals surface area contributed by atoms with Crippen molar-refractivity contribution >= 4 is 27.4 Å². The molecule has 2 saturated heterocycles. The lowest BCUT2D eigenvalue weighted by Crippen LogP contribution is -2.49. The summed E-state index contributed by atoms with van der Waals surface area (Å²) < 4.78 is 23.4. The van der Waals surface area contributed by atoms with Crippen LogP contribution in [0.4, 0.5) is 11.6 Å². The molecule has 2 aliphatic heterocycles. The van der Waals surface area contributed by atoms with Crippen LogP contribution in [0.2, 0.25) is 0 Å². The lowest BCUT2D eigenvalue weighted by molar-refractivity contribution is -0.135. The van der Waals surface area contributed by atoms with E-state index in [2.05, 4.69) is 14.9 Å². The number of sulfone groups is 1. The topological polar surface area (TPSA) is 86.7 Å². The van der Waals surface area contributed by atoms with E-state index >= 15 is 0 Å². The summed E-state index contributed by atoms with van der Waals surface area (Å²) in [4.78, 5) is 27.9. The Kier molecular flexibility index (Phi) is 5.20. The highest BCUT2D eigenvalue weighted by atomic mass is 32.2. The molecule has 1 atom stereocenters. The van der Waals surface area contributed by atoms with E-state index in [-0.39, 0.29) is 23.3 Å². The lowest BCUT2D eigenvalue weighted by Gasteiger charge is -2.40. The SMILES string of the molecule is CN(C)c1cc(N(C2CC2)C2CCN(C(=O)C3CCS(=O)(=O)C3)CC2)ncn1. The first-order valence-electron chi connectivity index (χ1n) is 10.1. The van der Waals surface area contributed by atoms with Crippen molar-refractivity contribution in [3.05, 3.63) is 12.4 Å². The maximum atomic E-state index is 12.7. The molecule has 1 aliphatic carbocycles. The fraction of sp³-hybridized carbons (Fsp3) is 0.737. The van der Waals surface area contributed by atoms with Gasteiger partial charge in [-0.05, 0) is 32.1 Å². The summed E-state index contributed by atoms with van der Waals surface area (Å²) in [5.74, 6) is 1.71. The number of hydrogen-bond acceptors (Lipinski definition) is 7. The highest BCUT2D eigenvalue weighted by molar-refractivity contribution is 7.91. The van der Waals surface area contributed by atoms with Crippen LogP contribution < -0.4 is 9.80 Å². The second-order valence-electron chi connectivity index (χ2n) is 8.42. The van der Waals surface area contributed by atoms with Crippen molar-refractivity contribution in [2.24, 2.45) is 5.92 Å². The zero-order valence-electron chi connectivity index (χ0n) is 16.6. The minimum absolute atomic E-state index is 0.0220. The second kappa shape index (κ2) is 7.50. The Labute approximate surface area is 166 Å². The molecule has 3 aliphatic rings. The molecule has 0 aromatic carbocycles. The molecule has 4 rings (SSSR count). The molecule has 3 fully saturated rings. The Balaban J connectivity index is 1.42. The van der Waals surface area contributed by atoms with Crippen molar-refractivity contribution in [1.29, 1.82) is 0 Å². The average Bonchev–Trinajstić information content (AvgIpc) is 3.44. The zero-order chi connectivity index (χ0) is 19.9. The van der Waals surface area contributed by atoms with E-state index in [1.54, 1.807) is 6.33 Å². The number of aromatic nitrogens is 2. The molecule has 1 aromatic heterocycles. The minimum atomic E-state index is -3.03. The van der Waals surface area contributed by atoms with Crippen LogP contribution in [-0.2, 0) is 14.6 Å². The number of rotatable bonds is 5. The summed E-state index contributed by atoms with van der Waals surface area (Å²) in [6.07, 6.45) is 6.25. The number of anilines is 2. The molecular formula is C19H29N5O3S. The molecule has 1 unspecified atom stereocenters. The summed E-state index contributed by atoms with van der Waals surface area (Å²) in [5, 5.41) is 0. The molecule has 0 radical (unpaired) electrons. The van der Waals surface area contributed by atoms with Gasteiger partial charge in [-0.25, -0.2) is 18.4 Å². The van der Waals surface area contributed by atoms with Crippen molar-refractivity contribution in [2.75, 3.05) is 48.5 Å². The van der Waals surface area contributed by atoms with Gasteiger partial charge < -0.3 is 14.7 Å². The van der Waals surface area contributed by atoms with Crippen molar-refractivity contribution in [3.8, 4) is 0 Å². The maximum Gasteiger partial charge on any atom is 0.226 e. The Bertz CT molecular complexity index is 832. The summed E-state index contributed by atoms with van der Waals surface area (Å²) >= 11 is 0. The van der Waals surface area contributed by atoms with Crippen molar-refractivity contribution in [1.82, 2.24) is 14.9 Å². The van der Waals surface area contributed by atoms with Gasteiger partial charge in [-0.1, -0.05) is 0 Å². The van der Waals surface area contributed by atoms with E-state index in [0.29, 0.717) is 31.6 Å². The average molecular weight is 408 g/mol. The minimum Gasteiger partial charge on any atom is -0.363 e. The second-order valence-corrected chi connectivity index (χ2v) is 10.7. The van der Waals surface area contributed by atoms with E-state index in [9.17, 15) is 13.2 Å². The van der Waals surface area contributed by atoms with Crippen LogP contribution in [0.15, 0.2) is 12.4 Å². The standard InChI is InChI=1S/C19H29N5O3S/c1-22(2)17-11-18(21-13-20-17)24(15-3-4-15)16-5-8-23(9-6-16)19(25)14-7-10-28(26,27)12-14/h11,13-16H,3-10,12H2,1-2H3. The van der Waals surface area contributed by atoms with Crippen molar-refractivity contribution in [2.45, 2.75) is 44.2 Å². The summed E-state index contributed by atoms with van der Waals surface area (Å²) in [7, 11) is 0.919. The molecule has 3 heterocycles. The van der Waals surface area contributed by atoms with Crippen LogP contribution in [0.5, 0.6) is 0 Å². The molecule has 1 aromatic rings. The van der Waals surface area contributed by atoms with Gasteiger partial charge in [0.2, 0.25) is 5.91 Å². The monoisotopic (exact) mass is 407 g/mol. The quantitative estimate of drug-likeness (QED) is 0.718. The predicted octanol–water partition coefficient (Wildman–Crippen LogP) is 0.937. The number of likely N-dealkylation sites (tertiary alicyclic amines) is 1. The first-order valence-corrected chi connectivity index (χ1v) is 11.9. The Hall–Kier alpha value is -1.90. The van der Waals surface area contributed by atoms with Gasteiger partial charge in [-0.2, -0.15) is 0 Å². The van der Waals surface area contributed by atoms with Gasteiger partial charge in [0.05, 0.1) is 17.4 Å². The smallest absolute Gasteiger partial charge is 0.226 e. The zero-order valence-corrected chi connectivity index (χ0v) is 17.4. The van der Waals surface area contributed by atoms with Gasteiger partial charge in [0, 0.05) is 45.3 Å². The Morgan fingerprint density at radius 1 is 1.04 bits per heavy atom. The molecule has 9 heteroatoms. The fourth-order valence-corrected chi connectivity index (χ4v) is 6.09. The first-order chi connectivity index (χ1) is 13.3. The van der Waals surface area contributed by atoms with E-state index in [1.165, 1.54) is 12.8 Å². The molecular weight excluding hydrogens is 378 g/mol. The highest BCUT2D eigenvalue weighted by Crippen LogP contribution is 2.36. The first kappa shape index (κ1) is 19.4. The molecule has 0 N–H and O–H groups in total. The van der Waals surface area contributed by atoms with Crippen LogP contribution >= 0.6 is 0 Å². The van der Waals surface area contributed by atoms with Crippen LogP contribution in [0, 0.1) is 5.92 Å². The van der Waals surface area contributed by atoms with Gasteiger partial charge in [0.1, 0.15) is 18.0 Å². The molecule has 1 amide bonds. The number of carbonyl (C=O) groups is 1. The van der Waals surface area contributed by atoms with Gasteiger partial charge >= 0.3 is 0 Å². The van der Waals surface area contributed by atoms with E-state index in [0.717, 1.165) is 24.5 Å². The Morgan fingerprint density at radius 3 is 2.25 bits per heavy atom. The summed E-state index contributed by atoms with van der Waals surface area (Å²) in [6.45, 7) is 1.38. The van der Waals surface area contributed by atoms with Crippen LogP contribution in [-0.4, -0.2) is 80.0 Å². The fourth-order valence-electron chi connectivity index (χ4n) is 4.36. The summed E-state index contributed by atoms with van der Waals surface area (Å²) in [6, 6.07) is 2.92. The van der Waals surface area contributed by atoms with Crippen molar-refractivity contribution in [3.63, 3.8) is 0 Å².